The van der Waals surface area contributed by atoms with Crippen molar-refractivity contribution in [2.75, 3.05) is 39.8 Å². The Morgan fingerprint density at radius 3 is 2.71 bits per heavy atom. The second-order valence-corrected chi connectivity index (χ2v) is 7.90. The highest BCUT2D eigenvalue weighted by Crippen LogP contribution is 2.27. The zero-order valence-electron chi connectivity index (χ0n) is 14.7. The number of nitrogens with zero attached hydrogens (tertiary/aromatic N) is 5. The topological polar surface area (TPSA) is 27.5 Å². The predicted molar refractivity (Wildman–Crippen MR) is 98.1 cm³/mol. The van der Waals surface area contributed by atoms with Crippen LogP contribution in [0.15, 0.2) is 23.0 Å². The van der Waals surface area contributed by atoms with Crippen LogP contribution in [0.1, 0.15) is 30.0 Å². The molecule has 0 amide bonds. The normalized spacial score (nSPS) is 23.5. The maximum absolute atomic E-state index is 4.78. The Labute approximate surface area is 148 Å². The highest BCUT2D eigenvalue weighted by molar-refractivity contribution is 7.07. The molecule has 2 aliphatic heterocycles. The second-order valence-electron chi connectivity index (χ2n) is 7.12. The first-order valence-electron chi connectivity index (χ1n) is 8.91. The standard InChI is InChI=1S/C18H27N5S/c1-15-18-19-11-17(13-21-6-4-20(2)5-7-21)23(18)9-8-22(15)12-16-3-10-24-14-16/h3,10-11,14-15H,4-9,12-13H2,1-2H3. The molecule has 1 atom stereocenters. The summed E-state index contributed by atoms with van der Waals surface area (Å²) in [6, 6.07) is 2.62. The van der Waals surface area contributed by atoms with Gasteiger partial charge in [0.25, 0.3) is 0 Å². The van der Waals surface area contributed by atoms with Crippen LogP contribution in [0.25, 0.3) is 0 Å². The summed E-state index contributed by atoms with van der Waals surface area (Å²) in [7, 11) is 2.21. The average Bonchev–Trinajstić information content (AvgIpc) is 3.23. The lowest BCUT2D eigenvalue weighted by molar-refractivity contribution is 0.136. The van der Waals surface area contributed by atoms with Gasteiger partial charge in [-0.3, -0.25) is 9.80 Å². The van der Waals surface area contributed by atoms with Crippen LogP contribution in [0.5, 0.6) is 0 Å². The lowest BCUT2D eigenvalue weighted by Crippen LogP contribution is -2.44. The summed E-state index contributed by atoms with van der Waals surface area (Å²) < 4.78 is 2.47. The number of piperazine rings is 1. The predicted octanol–water partition coefficient (Wildman–Crippen LogP) is 2.27. The Morgan fingerprint density at radius 1 is 1.12 bits per heavy atom. The molecular formula is C18H27N5S. The maximum atomic E-state index is 4.78. The van der Waals surface area contributed by atoms with Crippen molar-refractivity contribution in [2.24, 2.45) is 0 Å². The quantitative estimate of drug-likeness (QED) is 0.850. The fourth-order valence-corrected chi connectivity index (χ4v) is 4.46. The molecule has 2 aromatic heterocycles. The van der Waals surface area contributed by atoms with Crippen LogP contribution in [-0.4, -0.2) is 64.0 Å². The molecule has 5 nitrogen and oxygen atoms in total. The number of hydrogen-bond acceptors (Lipinski definition) is 5. The first-order chi connectivity index (χ1) is 11.7. The molecule has 0 radical (unpaired) electrons. The number of fused-ring (bicyclic) bond motifs is 1. The van der Waals surface area contributed by atoms with Crippen molar-refractivity contribution >= 4 is 11.3 Å². The third-order valence-electron chi connectivity index (χ3n) is 5.45. The van der Waals surface area contributed by atoms with Gasteiger partial charge in [-0.2, -0.15) is 11.3 Å². The largest absolute Gasteiger partial charge is 0.328 e. The first-order valence-corrected chi connectivity index (χ1v) is 9.85. The van der Waals surface area contributed by atoms with Gasteiger partial charge in [-0.25, -0.2) is 4.98 Å². The van der Waals surface area contributed by atoms with Crippen LogP contribution < -0.4 is 0 Å². The fourth-order valence-electron chi connectivity index (χ4n) is 3.80. The van der Waals surface area contributed by atoms with E-state index in [9.17, 15) is 0 Å². The molecule has 130 valence electrons. The van der Waals surface area contributed by atoms with Gasteiger partial charge >= 0.3 is 0 Å². The number of aromatic nitrogens is 2. The van der Waals surface area contributed by atoms with Crippen molar-refractivity contribution in [1.29, 1.82) is 0 Å². The van der Waals surface area contributed by atoms with E-state index in [1.807, 2.05) is 0 Å². The van der Waals surface area contributed by atoms with E-state index in [2.05, 4.69) is 56.3 Å². The molecule has 0 aromatic carbocycles. The van der Waals surface area contributed by atoms with E-state index in [1.165, 1.54) is 30.2 Å². The van der Waals surface area contributed by atoms with E-state index in [0.29, 0.717) is 6.04 Å². The summed E-state index contributed by atoms with van der Waals surface area (Å²) >= 11 is 1.78. The van der Waals surface area contributed by atoms with Crippen molar-refractivity contribution < 1.29 is 0 Å². The summed E-state index contributed by atoms with van der Waals surface area (Å²) in [5.74, 6) is 1.24. The Kier molecular flexibility index (Phi) is 4.72. The Morgan fingerprint density at radius 2 is 1.96 bits per heavy atom. The molecule has 6 heteroatoms. The molecule has 1 unspecified atom stereocenters. The number of likely N-dealkylation sites (N-methyl/N-ethyl adjacent to an activating group) is 1. The Bertz CT molecular complexity index is 657. The summed E-state index contributed by atoms with van der Waals surface area (Å²) in [6.07, 6.45) is 2.11. The molecule has 0 N–H and O–H groups in total. The van der Waals surface area contributed by atoms with E-state index in [1.54, 1.807) is 11.3 Å². The number of imidazole rings is 1. The summed E-state index contributed by atoms with van der Waals surface area (Å²) in [5.41, 5.74) is 2.81. The minimum absolute atomic E-state index is 0.389. The molecule has 0 saturated carbocycles. The van der Waals surface area contributed by atoms with Gasteiger partial charge in [0.05, 0.1) is 11.7 Å². The van der Waals surface area contributed by atoms with Gasteiger partial charge in [0.2, 0.25) is 0 Å². The number of thiophene rings is 1. The van der Waals surface area contributed by atoms with Crippen LogP contribution in [0.4, 0.5) is 0 Å². The Hall–Kier alpha value is -1.21. The van der Waals surface area contributed by atoms with Crippen molar-refractivity contribution in [2.45, 2.75) is 32.6 Å². The smallest absolute Gasteiger partial charge is 0.126 e. The molecule has 1 fully saturated rings. The van der Waals surface area contributed by atoms with Crippen LogP contribution in [-0.2, 0) is 19.6 Å². The monoisotopic (exact) mass is 345 g/mol. The minimum Gasteiger partial charge on any atom is -0.328 e. The van der Waals surface area contributed by atoms with Gasteiger partial charge in [0.1, 0.15) is 5.82 Å². The van der Waals surface area contributed by atoms with E-state index in [-0.39, 0.29) is 0 Å². The molecule has 2 aliphatic rings. The lowest BCUT2D eigenvalue weighted by atomic mass is 10.2. The molecule has 0 aliphatic carbocycles. The highest BCUT2D eigenvalue weighted by Gasteiger charge is 2.27. The van der Waals surface area contributed by atoms with Crippen LogP contribution >= 0.6 is 11.3 Å². The molecule has 4 heterocycles. The molecule has 1 saturated heterocycles. The van der Waals surface area contributed by atoms with Gasteiger partial charge < -0.3 is 9.47 Å². The molecule has 24 heavy (non-hydrogen) atoms. The van der Waals surface area contributed by atoms with Crippen LogP contribution in [0.2, 0.25) is 0 Å². The molecular weight excluding hydrogens is 318 g/mol. The minimum atomic E-state index is 0.389. The van der Waals surface area contributed by atoms with Crippen molar-refractivity contribution in [1.82, 2.24) is 24.3 Å². The van der Waals surface area contributed by atoms with Crippen molar-refractivity contribution in [3.05, 3.63) is 40.1 Å². The molecule has 4 rings (SSSR count). The van der Waals surface area contributed by atoms with E-state index < -0.39 is 0 Å². The van der Waals surface area contributed by atoms with E-state index >= 15 is 0 Å². The van der Waals surface area contributed by atoms with Crippen molar-refractivity contribution in [3.63, 3.8) is 0 Å². The molecule has 0 bridgehead atoms. The Balaban J connectivity index is 1.44. The fraction of sp³-hybridized carbons (Fsp3) is 0.611. The maximum Gasteiger partial charge on any atom is 0.126 e. The second kappa shape index (κ2) is 6.96. The summed E-state index contributed by atoms with van der Waals surface area (Å²) in [4.78, 5) is 12.3. The average molecular weight is 346 g/mol. The summed E-state index contributed by atoms with van der Waals surface area (Å²) in [6.45, 7) is 11.2. The third kappa shape index (κ3) is 3.28. The van der Waals surface area contributed by atoms with Gasteiger partial charge in [-0.1, -0.05) is 0 Å². The number of rotatable bonds is 4. The third-order valence-corrected chi connectivity index (χ3v) is 6.18. The van der Waals surface area contributed by atoms with Crippen LogP contribution in [0, 0.1) is 0 Å². The lowest BCUT2D eigenvalue weighted by Gasteiger charge is -2.35. The zero-order chi connectivity index (χ0) is 16.5. The van der Waals surface area contributed by atoms with Gasteiger partial charge in [0, 0.05) is 58.6 Å². The van der Waals surface area contributed by atoms with Gasteiger partial charge in [-0.05, 0) is 36.4 Å². The summed E-state index contributed by atoms with van der Waals surface area (Å²) in [5, 5.41) is 4.42. The van der Waals surface area contributed by atoms with Crippen LogP contribution in [0.3, 0.4) is 0 Å². The van der Waals surface area contributed by atoms with E-state index in [4.69, 9.17) is 4.98 Å². The molecule has 2 aromatic rings. The highest BCUT2D eigenvalue weighted by atomic mass is 32.1. The zero-order valence-corrected chi connectivity index (χ0v) is 15.5. The van der Waals surface area contributed by atoms with Crippen molar-refractivity contribution in [3.8, 4) is 0 Å². The molecule has 0 spiro atoms. The first kappa shape index (κ1) is 16.3. The van der Waals surface area contributed by atoms with Gasteiger partial charge in [-0.15, -0.1) is 0 Å². The SMILES string of the molecule is CC1c2ncc(CN3CCN(C)CC3)n2CCN1Cc1ccsc1. The van der Waals surface area contributed by atoms with Gasteiger partial charge in [0.15, 0.2) is 0 Å². The van der Waals surface area contributed by atoms with E-state index in [0.717, 1.165) is 39.3 Å². The number of hydrogen-bond donors (Lipinski definition) is 0.